The summed E-state index contributed by atoms with van der Waals surface area (Å²) in [6, 6.07) is 25.5. The van der Waals surface area contributed by atoms with Gasteiger partial charge in [0.2, 0.25) is 0 Å². The SMILES string of the molecule is Oc1[nH]c2ccc(Cl)cc2c1C=Nc1ccc(NCCCN2CCOCC2)cc1.Oc1[nH]c2ccc(F)cc2c1C=Nc1ccc(NCCCN2CCOCC2)cc1. The Kier molecular flexibility index (Phi) is 14.3. The quantitative estimate of drug-likeness (QED) is 0.0476. The van der Waals surface area contributed by atoms with E-state index in [2.05, 4.69) is 40.4 Å². The fourth-order valence-electron chi connectivity index (χ4n) is 6.93. The van der Waals surface area contributed by atoms with Crippen LogP contribution in [0.3, 0.4) is 0 Å². The monoisotopic (exact) mass is 808 g/mol. The van der Waals surface area contributed by atoms with E-state index in [9.17, 15) is 14.6 Å². The molecule has 2 fully saturated rings. The van der Waals surface area contributed by atoms with Crippen molar-refractivity contribution < 1.29 is 24.1 Å². The van der Waals surface area contributed by atoms with Gasteiger partial charge >= 0.3 is 0 Å². The van der Waals surface area contributed by atoms with Crippen LogP contribution in [-0.2, 0) is 9.47 Å². The largest absolute Gasteiger partial charge is 0.494 e. The summed E-state index contributed by atoms with van der Waals surface area (Å²) in [4.78, 5) is 19.5. The molecule has 2 aliphatic rings. The predicted octanol–water partition coefficient (Wildman–Crippen LogP) is 8.31. The number of nitrogens with one attached hydrogen (secondary N) is 4. The Hall–Kier alpha value is -5.44. The summed E-state index contributed by atoms with van der Waals surface area (Å²) in [7, 11) is 0. The maximum atomic E-state index is 13.5. The Bertz CT molecular complexity index is 2120. The Morgan fingerprint density at radius 3 is 1.57 bits per heavy atom. The molecule has 304 valence electrons. The molecule has 0 radical (unpaired) electrons. The van der Waals surface area contributed by atoms with Gasteiger partial charge in [0.25, 0.3) is 0 Å². The van der Waals surface area contributed by atoms with Crippen LogP contribution in [0.15, 0.2) is 94.9 Å². The van der Waals surface area contributed by atoms with Crippen molar-refractivity contribution in [2.45, 2.75) is 12.8 Å². The van der Waals surface area contributed by atoms with Gasteiger partial charge in [-0.15, -0.1) is 0 Å². The topological polar surface area (TPSA) is 146 Å². The molecule has 0 amide bonds. The van der Waals surface area contributed by atoms with Crippen LogP contribution < -0.4 is 10.6 Å². The van der Waals surface area contributed by atoms with E-state index >= 15 is 0 Å². The van der Waals surface area contributed by atoms with Crippen LogP contribution in [0.5, 0.6) is 11.8 Å². The van der Waals surface area contributed by atoms with Crippen LogP contribution in [0.1, 0.15) is 24.0 Å². The highest BCUT2D eigenvalue weighted by molar-refractivity contribution is 6.31. The zero-order valence-corrected chi connectivity index (χ0v) is 33.1. The third-order valence-corrected chi connectivity index (χ3v) is 10.4. The molecule has 0 bridgehead atoms. The Morgan fingerprint density at radius 1 is 0.638 bits per heavy atom. The molecule has 0 unspecified atom stereocenters. The molecule has 2 saturated heterocycles. The Balaban J connectivity index is 0.000000177. The highest BCUT2D eigenvalue weighted by Crippen LogP contribution is 2.30. The number of fused-ring (bicyclic) bond motifs is 2. The summed E-state index contributed by atoms with van der Waals surface area (Å²) in [5.41, 5.74) is 6.30. The minimum absolute atomic E-state index is 0.0205. The van der Waals surface area contributed by atoms with Crippen molar-refractivity contribution in [3.8, 4) is 11.8 Å². The maximum Gasteiger partial charge on any atom is 0.198 e. The summed E-state index contributed by atoms with van der Waals surface area (Å²) in [5.74, 6) is -0.285. The molecule has 58 heavy (non-hydrogen) atoms. The number of nitrogens with zero attached hydrogens (tertiary/aromatic N) is 4. The van der Waals surface area contributed by atoms with Crippen LogP contribution in [0, 0.1) is 5.82 Å². The summed E-state index contributed by atoms with van der Waals surface area (Å²) in [6.07, 6.45) is 5.40. The molecule has 4 aromatic carbocycles. The van der Waals surface area contributed by atoms with E-state index in [0.717, 1.165) is 125 Å². The van der Waals surface area contributed by atoms with Gasteiger partial charge in [-0.05, 0) is 111 Å². The van der Waals surface area contributed by atoms with Gasteiger partial charge < -0.3 is 40.3 Å². The molecule has 0 saturated carbocycles. The lowest BCUT2D eigenvalue weighted by Gasteiger charge is -2.26. The van der Waals surface area contributed by atoms with Crippen molar-refractivity contribution >= 4 is 68.6 Å². The number of halogens is 2. The zero-order chi connectivity index (χ0) is 40.1. The van der Waals surface area contributed by atoms with Gasteiger partial charge in [0.1, 0.15) is 5.82 Å². The van der Waals surface area contributed by atoms with E-state index in [4.69, 9.17) is 21.1 Å². The third kappa shape index (κ3) is 11.4. The molecular weight excluding hydrogens is 759 g/mol. The maximum absolute atomic E-state index is 13.5. The van der Waals surface area contributed by atoms with Gasteiger partial charge in [-0.3, -0.25) is 19.8 Å². The number of aromatic amines is 2. The Labute approximate surface area is 342 Å². The highest BCUT2D eigenvalue weighted by atomic mass is 35.5. The number of ether oxygens (including phenoxy) is 2. The number of hydrogen-bond acceptors (Lipinski definition) is 10. The van der Waals surface area contributed by atoms with E-state index in [1.807, 2.05) is 60.7 Å². The summed E-state index contributed by atoms with van der Waals surface area (Å²) in [6.45, 7) is 11.5. The number of hydrogen-bond donors (Lipinski definition) is 6. The number of benzene rings is 4. The van der Waals surface area contributed by atoms with E-state index < -0.39 is 0 Å². The lowest BCUT2D eigenvalue weighted by molar-refractivity contribution is 0.0378. The molecular formula is C44H50ClFN8O4. The van der Waals surface area contributed by atoms with E-state index in [-0.39, 0.29) is 17.6 Å². The minimum Gasteiger partial charge on any atom is -0.494 e. The smallest absolute Gasteiger partial charge is 0.198 e. The first-order valence-corrected chi connectivity index (χ1v) is 20.1. The molecule has 2 aromatic heterocycles. The second-order valence-corrected chi connectivity index (χ2v) is 14.7. The standard InChI is InChI=1S/C22H25ClN4O2.C22H25FN4O2/c2*23-16-2-7-21-19(14-16)20(22(28)26-21)15-25-18-5-3-17(4-6-18)24-8-1-9-27-10-12-29-13-11-27/h2*2-7,14-15,24,26,28H,1,8-13H2. The van der Waals surface area contributed by atoms with Crippen LogP contribution in [0.4, 0.5) is 27.1 Å². The van der Waals surface area contributed by atoms with Crippen molar-refractivity contribution in [3.63, 3.8) is 0 Å². The number of H-pyrrole nitrogens is 2. The van der Waals surface area contributed by atoms with E-state index in [0.29, 0.717) is 27.1 Å². The fourth-order valence-corrected chi connectivity index (χ4v) is 7.10. The fraction of sp³-hybridized carbons (Fsp3) is 0.318. The van der Waals surface area contributed by atoms with Crippen molar-refractivity contribution in [2.75, 3.05) is 89.4 Å². The first kappa shape index (κ1) is 40.7. The molecule has 4 heterocycles. The van der Waals surface area contributed by atoms with Crippen LogP contribution in [-0.4, -0.2) is 121 Å². The van der Waals surface area contributed by atoms with Gasteiger partial charge in [0, 0.05) is 89.9 Å². The normalized spacial score (nSPS) is 15.3. The molecule has 2 aliphatic heterocycles. The van der Waals surface area contributed by atoms with Crippen LogP contribution >= 0.6 is 11.6 Å². The number of aromatic nitrogens is 2. The molecule has 8 rings (SSSR count). The lowest BCUT2D eigenvalue weighted by Crippen LogP contribution is -2.37. The third-order valence-electron chi connectivity index (χ3n) is 10.1. The second-order valence-electron chi connectivity index (χ2n) is 14.2. The molecule has 14 heteroatoms. The number of rotatable bonds is 14. The zero-order valence-electron chi connectivity index (χ0n) is 32.4. The van der Waals surface area contributed by atoms with Crippen molar-refractivity contribution in [3.05, 3.63) is 107 Å². The molecule has 0 spiro atoms. The van der Waals surface area contributed by atoms with Crippen LogP contribution in [0.25, 0.3) is 21.8 Å². The first-order chi connectivity index (χ1) is 28.4. The predicted molar refractivity (Wildman–Crippen MR) is 233 cm³/mol. The first-order valence-electron chi connectivity index (χ1n) is 19.7. The average molecular weight is 809 g/mol. The summed E-state index contributed by atoms with van der Waals surface area (Å²) in [5, 5.41) is 29.2. The minimum atomic E-state index is -0.352. The average Bonchev–Trinajstić information content (AvgIpc) is 3.74. The lowest BCUT2D eigenvalue weighted by atomic mass is 10.2. The van der Waals surface area contributed by atoms with Gasteiger partial charge in [-0.1, -0.05) is 11.6 Å². The van der Waals surface area contributed by atoms with Gasteiger partial charge in [-0.2, -0.15) is 0 Å². The van der Waals surface area contributed by atoms with Crippen molar-refractivity contribution in [1.29, 1.82) is 0 Å². The summed E-state index contributed by atoms with van der Waals surface area (Å²) < 4.78 is 24.2. The molecule has 6 aromatic rings. The van der Waals surface area contributed by atoms with Gasteiger partial charge in [0.15, 0.2) is 11.8 Å². The molecule has 12 nitrogen and oxygen atoms in total. The van der Waals surface area contributed by atoms with Crippen molar-refractivity contribution in [1.82, 2.24) is 19.8 Å². The number of aliphatic imine (C=N–C) groups is 2. The molecule has 6 N–H and O–H groups in total. The molecule has 0 aliphatic carbocycles. The highest BCUT2D eigenvalue weighted by Gasteiger charge is 2.12. The Morgan fingerprint density at radius 2 is 1.09 bits per heavy atom. The van der Waals surface area contributed by atoms with Gasteiger partial charge in [-0.25, -0.2) is 4.39 Å². The number of morpholine rings is 2. The van der Waals surface area contributed by atoms with E-state index in [1.165, 1.54) is 12.1 Å². The summed E-state index contributed by atoms with van der Waals surface area (Å²) >= 11 is 6.08. The number of aromatic hydroxyl groups is 2. The molecule has 0 atom stereocenters. The second kappa shape index (κ2) is 20.3. The van der Waals surface area contributed by atoms with Gasteiger partial charge in [0.05, 0.1) is 48.9 Å². The number of anilines is 2. The van der Waals surface area contributed by atoms with Crippen molar-refractivity contribution in [2.24, 2.45) is 9.98 Å². The van der Waals surface area contributed by atoms with Crippen LogP contribution in [0.2, 0.25) is 5.02 Å². The van der Waals surface area contributed by atoms with E-state index in [1.54, 1.807) is 24.6 Å².